The summed E-state index contributed by atoms with van der Waals surface area (Å²) in [7, 11) is 1.62. The van der Waals surface area contributed by atoms with Crippen LogP contribution in [-0.2, 0) is 11.2 Å². The Morgan fingerprint density at radius 2 is 2.08 bits per heavy atom. The van der Waals surface area contributed by atoms with E-state index in [-0.39, 0.29) is 11.8 Å². The van der Waals surface area contributed by atoms with Gasteiger partial charge in [-0.3, -0.25) is 4.79 Å². The average molecular weight is 355 g/mol. The second-order valence-corrected chi connectivity index (χ2v) is 6.55. The third-order valence-electron chi connectivity index (χ3n) is 4.69. The molecular weight excluding hydrogens is 330 g/mol. The summed E-state index contributed by atoms with van der Waals surface area (Å²) < 4.78 is 16.8. The van der Waals surface area contributed by atoms with Gasteiger partial charge < -0.3 is 19.5 Å². The number of amides is 1. The number of methoxy groups -OCH3 is 1. The van der Waals surface area contributed by atoms with Crippen LogP contribution >= 0.6 is 0 Å². The fourth-order valence-corrected chi connectivity index (χ4v) is 3.01. The molecule has 1 heterocycles. The van der Waals surface area contributed by atoms with Crippen molar-refractivity contribution in [3.63, 3.8) is 0 Å². The first-order valence-corrected chi connectivity index (χ1v) is 8.85. The number of hydrogen-bond acceptors (Lipinski definition) is 4. The fourth-order valence-electron chi connectivity index (χ4n) is 3.01. The summed E-state index contributed by atoms with van der Waals surface area (Å²) in [4.78, 5) is 12.4. The second-order valence-electron chi connectivity index (χ2n) is 6.55. The van der Waals surface area contributed by atoms with Gasteiger partial charge in [0.1, 0.15) is 19.0 Å². The summed E-state index contributed by atoms with van der Waals surface area (Å²) in [5, 5.41) is 2.93. The van der Waals surface area contributed by atoms with Gasteiger partial charge >= 0.3 is 0 Å². The van der Waals surface area contributed by atoms with Gasteiger partial charge in [-0.25, -0.2) is 0 Å². The van der Waals surface area contributed by atoms with E-state index in [1.54, 1.807) is 7.11 Å². The lowest BCUT2D eigenvalue weighted by atomic mass is 9.95. The number of benzene rings is 2. The van der Waals surface area contributed by atoms with Crippen molar-refractivity contribution in [3.05, 3.63) is 53.1 Å². The smallest absolute Gasteiger partial charge is 0.227 e. The van der Waals surface area contributed by atoms with Crippen LogP contribution in [0.25, 0.3) is 0 Å². The molecule has 1 aliphatic heterocycles. The minimum Gasteiger partial charge on any atom is -0.493 e. The van der Waals surface area contributed by atoms with Gasteiger partial charge in [0, 0.05) is 0 Å². The molecule has 1 amide bonds. The highest BCUT2D eigenvalue weighted by molar-refractivity contribution is 5.79. The van der Waals surface area contributed by atoms with Crippen molar-refractivity contribution in [2.45, 2.75) is 20.3 Å². The number of ether oxygens (including phenoxy) is 3. The number of fused-ring (bicyclic) bond motifs is 1. The van der Waals surface area contributed by atoms with Crippen molar-refractivity contribution in [2.75, 3.05) is 26.9 Å². The van der Waals surface area contributed by atoms with E-state index in [9.17, 15) is 4.79 Å². The third kappa shape index (κ3) is 4.10. The van der Waals surface area contributed by atoms with Crippen LogP contribution in [0, 0.1) is 19.8 Å². The molecule has 1 atom stereocenters. The molecule has 0 spiro atoms. The van der Waals surface area contributed by atoms with Crippen LogP contribution in [0.15, 0.2) is 36.4 Å². The maximum absolute atomic E-state index is 12.4. The highest BCUT2D eigenvalue weighted by atomic mass is 16.5. The summed E-state index contributed by atoms with van der Waals surface area (Å²) in [6.07, 6.45) is 0.649. The minimum atomic E-state index is -0.198. The molecule has 0 bridgehead atoms. The Hall–Kier alpha value is -2.69. The average Bonchev–Trinajstić information content (AvgIpc) is 2.66. The molecule has 5 heteroatoms. The van der Waals surface area contributed by atoms with Crippen LogP contribution in [0.3, 0.4) is 0 Å². The Kier molecular flexibility index (Phi) is 5.66. The Morgan fingerprint density at radius 1 is 1.23 bits per heavy atom. The lowest BCUT2D eigenvalue weighted by molar-refractivity contribution is -0.126. The van der Waals surface area contributed by atoms with E-state index in [0.717, 1.165) is 17.1 Å². The molecule has 0 saturated carbocycles. The van der Waals surface area contributed by atoms with Crippen molar-refractivity contribution < 1.29 is 19.0 Å². The number of carbonyl (C=O) groups excluding carboxylic acids is 1. The van der Waals surface area contributed by atoms with E-state index in [4.69, 9.17) is 14.2 Å². The van der Waals surface area contributed by atoms with Gasteiger partial charge in [0.2, 0.25) is 5.91 Å². The molecule has 0 fully saturated rings. The lowest BCUT2D eigenvalue weighted by Crippen LogP contribution is -2.39. The lowest BCUT2D eigenvalue weighted by Gasteiger charge is -2.25. The molecular formula is C21H25NO4. The van der Waals surface area contributed by atoms with Crippen LogP contribution in [0.5, 0.6) is 17.2 Å². The molecule has 0 aliphatic carbocycles. The first-order valence-electron chi connectivity index (χ1n) is 8.85. The van der Waals surface area contributed by atoms with Gasteiger partial charge in [-0.05, 0) is 55.2 Å². The van der Waals surface area contributed by atoms with E-state index in [2.05, 4.69) is 19.2 Å². The number of para-hydroxylation sites is 1. The quantitative estimate of drug-likeness (QED) is 0.809. The normalized spacial score (nSPS) is 15.6. The molecule has 26 heavy (non-hydrogen) atoms. The zero-order valence-corrected chi connectivity index (χ0v) is 15.5. The number of rotatable bonds is 6. The van der Waals surface area contributed by atoms with Gasteiger partial charge in [-0.15, -0.1) is 0 Å². The molecule has 1 aliphatic rings. The molecule has 5 nitrogen and oxygen atoms in total. The maximum atomic E-state index is 12.4. The molecule has 3 rings (SSSR count). The van der Waals surface area contributed by atoms with E-state index >= 15 is 0 Å². The zero-order valence-electron chi connectivity index (χ0n) is 15.5. The monoisotopic (exact) mass is 355 g/mol. The predicted octanol–water partition coefficient (Wildman–Crippen LogP) is 3.06. The summed E-state index contributed by atoms with van der Waals surface area (Å²) in [5.74, 6) is 2.07. The van der Waals surface area contributed by atoms with Gasteiger partial charge in [-0.1, -0.05) is 18.2 Å². The van der Waals surface area contributed by atoms with E-state index < -0.39 is 0 Å². The van der Waals surface area contributed by atoms with Crippen molar-refractivity contribution in [1.82, 2.24) is 5.32 Å². The van der Waals surface area contributed by atoms with Crippen LogP contribution in [0.4, 0.5) is 0 Å². The first kappa shape index (κ1) is 18.1. The highest BCUT2D eigenvalue weighted by Gasteiger charge is 2.27. The third-order valence-corrected chi connectivity index (χ3v) is 4.69. The van der Waals surface area contributed by atoms with Crippen molar-refractivity contribution in [1.29, 1.82) is 0 Å². The topological polar surface area (TPSA) is 56.8 Å². The van der Waals surface area contributed by atoms with Crippen LogP contribution in [0.1, 0.15) is 16.7 Å². The number of hydrogen-bond donors (Lipinski definition) is 1. The summed E-state index contributed by atoms with van der Waals surface area (Å²) in [6.45, 7) is 5.38. The molecule has 138 valence electrons. The first-order chi connectivity index (χ1) is 12.6. The van der Waals surface area contributed by atoms with E-state index in [0.29, 0.717) is 31.9 Å². The van der Waals surface area contributed by atoms with Gasteiger partial charge in [0.25, 0.3) is 0 Å². The van der Waals surface area contributed by atoms with E-state index in [1.165, 1.54) is 11.1 Å². The van der Waals surface area contributed by atoms with Crippen LogP contribution in [0.2, 0.25) is 0 Å². The molecule has 0 radical (unpaired) electrons. The molecule has 2 aromatic rings. The summed E-state index contributed by atoms with van der Waals surface area (Å²) >= 11 is 0. The Balaban J connectivity index is 1.47. The molecule has 0 aromatic heterocycles. The molecule has 1 N–H and O–H groups in total. The van der Waals surface area contributed by atoms with Crippen LogP contribution in [-0.4, -0.2) is 32.8 Å². The van der Waals surface area contributed by atoms with Gasteiger partial charge in [0.05, 0.1) is 19.6 Å². The molecule has 2 aromatic carbocycles. The summed E-state index contributed by atoms with van der Waals surface area (Å²) in [6, 6.07) is 11.7. The molecule has 0 saturated heterocycles. The Morgan fingerprint density at radius 3 is 2.85 bits per heavy atom. The Bertz CT molecular complexity index is 788. The molecule has 0 unspecified atom stereocenters. The Labute approximate surface area is 154 Å². The minimum absolute atomic E-state index is 0.0119. The SMILES string of the molecule is COc1cccc2c1OC[C@H](C(=O)NCCOc1ccc(C)c(C)c1)C2. The zero-order chi connectivity index (χ0) is 18.5. The van der Waals surface area contributed by atoms with E-state index in [1.807, 2.05) is 36.4 Å². The highest BCUT2D eigenvalue weighted by Crippen LogP contribution is 2.35. The number of nitrogens with one attached hydrogen (secondary N) is 1. The van der Waals surface area contributed by atoms with Crippen molar-refractivity contribution in [3.8, 4) is 17.2 Å². The predicted molar refractivity (Wildman–Crippen MR) is 100 cm³/mol. The van der Waals surface area contributed by atoms with Crippen LogP contribution < -0.4 is 19.5 Å². The maximum Gasteiger partial charge on any atom is 0.227 e. The fraction of sp³-hybridized carbons (Fsp3) is 0.381. The summed E-state index contributed by atoms with van der Waals surface area (Å²) in [5.41, 5.74) is 3.43. The number of aryl methyl sites for hydroxylation is 2. The second kappa shape index (κ2) is 8.13. The largest absolute Gasteiger partial charge is 0.493 e. The van der Waals surface area contributed by atoms with Gasteiger partial charge in [-0.2, -0.15) is 0 Å². The van der Waals surface area contributed by atoms with Gasteiger partial charge in [0.15, 0.2) is 11.5 Å². The van der Waals surface area contributed by atoms with Crippen molar-refractivity contribution in [2.24, 2.45) is 5.92 Å². The number of carbonyl (C=O) groups is 1. The van der Waals surface area contributed by atoms with Crippen molar-refractivity contribution >= 4 is 5.91 Å². The standard InChI is InChI=1S/C21H25NO4/c1-14-7-8-18(11-15(14)2)25-10-9-22-21(23)17-12-16-5-4-6-19(24-3)20(16)26-13-17/h4-8,11,17H,9-10,12-13H2,1-3H3,(H,22,23)/t17-/m1/s1.